The second kappa shape index (κ2) is 9.62. The molecule has 9 heteroatoms. The predicted molar refractivity (Wildman–Crippen MR) is 125 cm³/mol. The SMILES string of the molecule is CN1CCN(S(=O)(=O)c2cccc(C(=O)N(C)Cc3ccc(C(=O)NC4CC4)cc3)c2)CC1. The second-order valence-corrected chi connectivity index (χ2v) is 10.8. The summed E-state index contributed by atoms with van der Waals surface area (Å²) in [5, 5.41) is 2.95. The Morgan fingerprint density at radius 1 is 1.00 bits per heavy atom. The van der Waals surface area contributed by atoms with Gasteiger partial charge in [-0.3, -0.25) is 9.59 Å². The maximum absolute atomic E-state index is 13.0. The molecule has 1 saturated heterocycles. The summed E-state index contributed by atoms with van der Waals surface area (Å²) in [6, 6.07) is 13.7. The molecule has 2 aromatic rings. The van der Waals surface area contributed by atoms with E-state index in [2.05, 4.69) is 10.2 Å². The fourth-order valence-corrected chi connectivity index (χ4v) is 5.26. The van der Waals surface area contributed by atoms with E-state index < -0.39 is 10.0 Å². The van der Waals surface area contributed by atoms with Gasteiger partial charge in [-0.2, -0.15) is 4.31 Å². The quantitative estimate of drug-likeness (QED) is 0.666. The first-order chi connectivity index (χ1) is 15.7. The average molecular weight is 471 g/mol. The minimum Gasteiger partial charge on any atom is -0.349 e. The molecule has 1 saturated carbocycles. The van der Waals surface area contributed by atoms with E-state index in [0.29, 0.717) is 49.9 Å². The summed E-state index contributed by atoms with van der Waals surface area (Å²) in [4.78, 5) is 28.9. The molecule has 0 unspecified atom stereocenters. The van der Waals surface area contributed by atoms with Crippen molar-refractivity contribution < 1.29 is 18.0 Å². The molecule has 1 heterocycles. The maximum atomic E-state index is 13.0. The number of nitrogens with one attached hydrogen (secondary N) is 1. The van der Waals surface area contributed by atoms with Gasteiger partial charge >= 0.3 is 0 Å². The topological polar surface area (TPSA) is 90.0 Å². The summed E-state index contributed by atoms with van der Waals surface area (Å²) in [6.45, 7) is 2.58. The fourth-order valence-electron chi connectivity index (χ4n) is 3.79. The van der Waals surface area contributed by atoms with Crippen molar-refractivity contribution in [3.63, 3.8) is 0 Å². The van der Waals surface area contributed by atoms with Crippen molar-refractivity contribution in [1.82, 2.24) is 19.4 Å². The summed E-state index contributed by atoms with van der Waals surface area (Å²) in [7, 11) is 0.000819. The predicted octanol–water partition coefficient (Wildman–Crippen LogP) is 1.79. The zero-order chi connectivity index (χ0) is 23.6. The molecule has 0 aromatic heterocycles. The van der Waals surface area contributed by atoms with Crippen LogP contribution >= 0.6 is 0 Å². The number of amides is 2. The highest BCUT2D eigenvalue weighted by atomic mass is 32.2. The van der Waals surface area contributed by atoms with Gasteiger partial charge < -0.3 is 15.1 Å². The molecule has 0 spiro atoms. The lowest BCUT2D eigenvalue weighted by Gasteiger charge is -2.31. The Balaban J connectivity index is 1.42. The first kappa shape index (κ1) is 23.4. The smallest absolute Gasteiger partial charge is 0.253 e. The Hall–Kier alpha value is -2.75. The molecular weight excluding hydrogens is 440 g/mol. The number of nitrogens with zero attached hydrogens (tertiary/aromatic N) is 3. The minimum atomic E-state index is -3.65. The molecule has 33 heavy (non-hydrogen) atoms. The van der Waals surface area contributed by atoms with Crippen LogP contribution in [-0.2, 0) is 16.6 Å². The number of carbonyl (C=O) groups is 2. The molecule has 8 nitrogen and oxygen atoms in total. The second-order valence-electron chi connectivity index (χ2n) is 8.84. The van der Waals surface area contributed by atoms with Gasteiger partial charge in [0.2, 0.25) is 10.0 Å². The Bertz CT molecular complexity index is 1120. The molecule has 0 atom stereocenters. The number of sulfonamides is 1. The number of carbonyl (C=O) groups excluding carboxylic acids is 2. The summed E-state index contributed by atoms with van der Waals surface area (Å²) in [5.74, 6) is -0.340. The van der Waals surface area contributed by atoms with Crippen LogP contribution in [0, 0.1) is 0 Å². The largest absolute Gasteiger partial charge is 0.349 e. The number of likely N-dealkylation sites (N-methyl/N-ethyl adjacent to an activating group) is 1. The van der Waals surface area contributed by atoms with E-state index in [1.165, 1.54) is 16.4 Å². The van der Waals surface area contributed by atoms with Gasteiger partial charge in [-0.25, -0.2) is 8.42 Å². The first-order valence-electron chi connectivity index (χ1n) is 11.2. The Morgan fingerprint density at radius 2 is 1.67 bits per heavy atom. The van der Waals surface area contributed by atoms with Crippen LogP contribution in [0.4, 0.5) is 0 Å². The van der Waals surface area contributed by atoms with Gasteiger partial charge in [0, 0.05) is 56.9 Å². The summed E-state index contributed by atoms with van der Waals surface area (Å²) < 4.78 is 27.5. The van der Waals surface area contributed by atoms with E-state index in [1.807, 2.05) is 19.2 Å². The third-order valence-electron chi connectivity index (χ3n) is 6.08. The summed E-state index contributed by atoms with van der Waals surface area (Å²) >= 11 is 0. The zero-order valence-corrected chi connectivity index (χ0v) is 19.8. The van der Waals surface area contributed by atoms with Crippen molar-refractivity contribution in [2.75, 3.05) is 40.3 Å². The number of rotatable bonds is 7. The molecule has 1 N–H and O–H groups in total. The van der Waals surface area contributed by atoms with Crippen molar-refractivity contribution in [3.05, 3.63) is 65.2 Å². The summed E-state index contributed by atoms with van der Waals surface area (Å²) in [6.07, 6.45) is 2.07. The molecular formula is C24H30N4O4S. The Morgan fingerprint density at radius 3 is 2.30 bits per heavy atom. The highest BCUT2D eigenvalue weighted by Crippen LogP contribution is 2.21. The molecule has 2 aromatic carbocycles. The van der Waals surface area contributed by atoms with Gasteiger partial charge in [0.15, 0.2) is 0 Å². The number of piperazine rings is 1. The molecule has 1 aliphatic carbocycles. The van der Waals surface area contributed by atoms with E-state index >= 15 is 0 Å². The molecule has 2 amide bonds. The van der Waals surface area contributed by atoms with Crippen LogP contribution in [0.15, 0.2) is 53.4 Å². The van der Waals surface area contributed by atoms with Crippen molar-refractivity contribution in [3.8, 4) is 0 Å². The highest BCUT2D eigenvalue weighted by molar-refractivity contribution is 7.89. The molecule has 4 rings (SSSR count). The standard InChI is InChI=1S/C24H30N4O4S/c1-26-12-14-28(15-13-26)33(31,32)22-5-3-4-20(16-22)24(30)27(2)17-18-6-8-19(9-7-18)23(29)25-21-10-11-21/h3-9,16,21H,10-15,17H2,1-2H3,(H,25,29). The van der Waals surface area contributed by atoms with Crippen LogP contribution in [0.2, 0.25) is 0 Å². The molecule has 0 bridgehead atoms. The van der Waals surface area contributed by atoms with Gasteiger partial charge in [-0.15, -0.1) is 0 Å². The molecule has 2 fully saturated rings. The number of hydrogen-bond acceptors (Lipinski definition) is 5. The third-order valence-corrected chi connectivity index (χ3v) is 7.97. The molecule has 176 valence electrons. The number of hydrogen-bond donors (Lipinski definition) is 1. The Kier molecular flexibility index (Phi) is 6.83. The number of benzene rings is 2. The first-order valence-corrected chi connectivity index (χ1v) is 12.6. The average Bonchev–Trinajstić information content (AvgIpc) is 3.63. The van der Waals surface area contributed by atoms with Crippen LogP contribution in [-0.4, -0.2) is 80.7 Å². The minimum absolute atomic E-state index is 0.0770. The van der Waals surface area contributed by atoms with Gasteiger partial charge in [0.1, 0.15) is 0 Å². The fraction of sp³-hybridized carbons (Fsp3) is 0.417. The maximum Gasteiger partial charge on any atom is 0.253 e. The van der Waals surface area contributed by atoms with Crippen LogP contribution in [0.5, 0.6) is 0 Å². The van der Waals surface area contributed by atoms with Gasteiger partial charge in [0.05, 0.1) is 4.90 Å². The van der Waals surface area contributed by atoms with Crippen LogP contribution in [0.25, 0.3) is 0 Å². The van der Waals surface area contributed by atoms with Gasteiger partial charge in [-0.1, -0.05) is 18.2 Å². The van der Waals surface area contributed by atoms with Crippen molar-refractivity contribution >= 4 is 21.8 Å². The van der Waals surface area contributed by atoms with Crippen molar-refractivity contribution in [1.29, 1.82) is 0 Å². The van der Waals surface area contributed by atoms with E-state index in [0.717, 1.165) is 18.4 Å². The third kappa shape index (κ3) is 5.61. The summed E-state index contributed by atoms with van der Waals surface area (Å²) in [5.41, 5.74) is 1.81. The van der Waals surface area contributed by atoms with E-state index in [-0.39, 0.29) is 16.7 Å². The van der Waals surface area contributed by atoms with Crippen LogP contribution in [0.3, 0.4) is 0 Å². The van der Waals surface area contributed by atoms with E-state index in [4.69, 9.17) is 0 Å². The zero-order valence-electron chi connectivity index (χ0n) is 19.0. The lowest BCUT2D eigenvalue weighted by Crippen LogP contribution is -2.47. The monoisotopic (exact) mass is 470 g/mol. The van der Waals surface area contributed by atoms with Crippen LogP contribution < -0.4 is 5.32 Å². The molecule has 1 aliphatic heterocycles. The Labute approximate surface area is 195 Å². The lowest BCUT2D eigenvalue weighted by molar-refractivity contribution is 0.0784. The van der Waals surface area contributed by atoms with E-state index in [1.54, 1.807) is 36.2 Å². The highest BCUT2D eigenvalue weighted by Gasteiger charge is 2.28. The molecule has 0 radical (unpaired) electrons. The van der Waals surface area contributed by atoms with Gasteiger partial charge in [0.25, 0.3) is 11.8 Å². The van der Waals surface area contributed by atoms with Crippen molar-refractivity contribution in [2.45, 2.75) is 30.3 Å². The van der Waals surface area contributed by atoms with Crippen molar-refractivity contribution in [2.24, 2.45) is 0 Å². The lowest BCUT2D eigenvalue weighted by atomic mass is 10.1. The van der Waals surface area contributed by atoms with Gasteiger partial charge in [-0.05, 0) is 55.8 Å². The van der Waals surface area contributed by atoms with Crippen LogP contribution in [0.1, 0.15) is 39.1 Å². The van der Waals surface area contributed by atoms with E-state index in [9.17, 15) is 18.0 Å². The normalized spacial score (nSPS) is 17.5. The molecule has 2 aliphatic rings.